The number of nitro groups is 1. The molecule has 0 saturated heterocycles. The Kier molecular flexibility index (Phi) is 4.00. The van der Waals surface area contributed by atoms with E-state index < -0.39 is 4.92 Å². The van der Waals surface area contributed by atoms with Crippen molar-refractivity contribution in [3.63, 3.8) is 0 Å². The Balaban J connectivity index is 2.43. The van der Waals surface area contributed by atoms with E-state index in [9.17, 15) is 10.1 Å². The summed E-state index contributed by atoms with van der Waals surface area (Å²) in [5.74, 6) is 0.668. The van der Waals surface area contributed by atoms with Crippen molar-refractivity contribution in [3.05, 3.63) is 51.7 Å². The Morgan fingerprint density at radius 2 is 2.05 bits per heavy atom. The number of methoxy groups -OCH3 is 1. The van der Waals surface area contributed by atoms with Crippen molar-refractivity contribution in [2.24, 2.45) is 0 Å². The molecular weight excluding hydrogens is 274 g/mol. The molecule has 0 aliphatic carbocycles. The number of aryl methyl sites for hydroxylation is 1. The fraction of sp³-hybridized carbons (Fsp3) is 0.143. The van der Waals surface area contributed by atoms with Crippen LogP contribution in [0.15, 0.2) is 30.3 Å². The van der Waals surface area contributed by atoms with E-state index in [0.29, 0.717) is 17.0 Å². The van der Waals surface area contributed by atoms with E-state index in [2.05, 4.69) is 4.98 Å². The van der Waals surface area contributed by atoms with E-state index in [1.165, 1.54) is 31.4 Å². The molecule has 0 spiro atoms. The first kappa shape index (κ1) is 14.3. The summed E-state index contributed by atoms with van der Waals surface area (Å²) in [7, 11) is 1.43. The minimum Gasteiger partial charge on any atom is -0.493 e. The van der Waals surface area contributed by atoms with Gasteiger partial charge < -0.3 is 9.47 Å². The highest BCUT2D eigenvalue weighted by Crippen LogP contribution is 2.34. The van der Waals surface area contributed by atoms with E-state index >= 15 is 0 Å². The summed E-state index contributed by atoms with van der Waals surface area (Å²) >= 11 is 0. The maximum atomic E-state index is 10.8. The number of hydrogen-bond acceptors (Lipinski definition) is 6. The molecule has 0 radical (unpaired) electrons. The zero-order chi connectivity index (χ0) is 15.4. The van der Waals surface area contributed by atoms with Gasteiger partial charge >= 0.3 is 0 Å². The Labute approximate surface area is 120 Å². The molecule has 106 valence electrons. The largest absolute Gasteiger partial charge is 0.493 e. The second-order valence-corrected chi connectivity index (χ2v) is 4.14. The van der Waals surface area contributed by atoms with Crippen LogP contribution in [0, 0.1) is 28.4 Å². The Hall–Kier alpha value is -3.14. The topological polar surface area (TPSA) is 98.3 Å². The highest BCUT2D eigenvalue weighted by atomic mass is 16.6. The Morgan fingerprint density at radius 3 is 2.67 bits per heavy atom. The van der Waals surface area contributed by atoms with Crippen LogP contribution in [-0.4, -0.2) is 17.0 Å². The molecule has 7 heteroatoms. The summed E-state index contributed by atoms with van der Waals surface area (Å²) in [5.41, 5.74) is 0.870. The van der Waals surface area contributed by atoms with E-state index in [0.717, 1.165) is 0 Å². The molecule has 21 heavy (non-hydrogen) atoms. The minimum absolute atomic E-state index is 0.126. The molecule has 0 N–H and O–H groups in total. The lowest BCUT2D eigenvalue weighted by Gasteiger charge is -2.10. The van der Waals surface area contributed by atoms with Crippen LogP contribution < -0.4 is 9.47 Å². The van der Waals surface area contributed by atoms with Crippen molar-refractivity contribution in [1.29, 1.82) is 5.26 Å². The van der Waals surface area contributed by atoms with Crippen LogP contribution in [0.4, 0.5) is 5.69 Å². The summed E-state index contributed by atoms with van der Waals surface area (Å²) in [5, 5.41) is 19.7. The second kappa shape index (κ2) is 5.88. The fourth-order valence-corrected chi connectivity index (χ4v) is 1.73. The Morgan fingerprint density at radius 1 is 1.29 bits per heavy atom. The van der Waals surface area contributed by atoms with Gasteiger partial charge in [0.2, 0.25) is 5.88 Å². The van der Waals surface area contributed by atoms with Crippen molar-refractivity contribution in [2.45, 2.75) is 6.92 Å². The number of ether oxygens (including phenoxy) is 2. The van der Waals surface area contributed by atoms with Crippen molar-refractivity contribution >= 4 is 5.69 Å². The van der Waals surface area contributed by atoms with Gasteiger partial charge in [-0.3, -0.25) is 10.1 Å². The van der Waals surface area contributed by atoms with Gasteiger partial charge in [-0.05, 0) is 19.1 Å². The summed E-state index contributed by atoms with van der Waals surface area (Å²) < 4.78 is 10.6. The van der Waals surface area contributed by atoms with E-state index in [1.807, 2.05) is 6.07 Å². The Bertz CT molecular complexity index is 737. The van der Waals surface area contributed by atoms with Gasteiger partial charge in [-0.1, -0.05) is 0 Å². The molecule has 0 unspecified atom stereocenters. The first-order valence-electron chi connectivity index (χ1n) is 5.92. The van der Waals surface area contributed by atoms with Gasteiger partial charge in [0.15, 0.2) is 11.5 Å². The van der Waals surface area contributed by atoms with Gasteiger partial charge in [-0.25, -0.2) is 4.98 Å². The quantitative estimate of drug-likeness (QED) is 0.632. The van der Waals surface area contributed by atoms with E-state index in [4.69, 9.17) is 14.7 Å². The lowest BCUT2D eigenvalue weighted by atomic mass is 10.2. The molecule has 1 aromatic carbocycles. The van der Waals surface area contributed by atoms with Gasteiger partial charge in [0.25, 0.3) is 5.69 Å². The number of nitriles is 1. The molecule has 7 nitrogen and oxygen atoms in total. The third kappa shape index (κ3) is 3.25. The first-order chi connectivity index (χ1) is 10.0. The number of pyridine rings is 1. The number of non-ortho nitro benzene ring substituents is 1. The van der Waals surface area contributed by atoms with Crippen LogP contribution in [0.5, 0.6) is 17.4 Å². The number of nitrogens with zero attached hydrogens (tertiary/aromatic N) is 3. The number of benzene rings is 1. The summed E-state index contributed by atoms with van der Waals surface area (Å²) in [6, 6.07) is 9.05. The van der Waals surface area contributed by atoms with Gasteiger partial charge in [-0.15, -0.1) is 0 Å². The zero-order valence-corrected chi connectivity index (χ0v) is 11.4. The monoisotopic (exact) mass is 285 g/mol. The maximum absolute atomic E-state index is 10.8. The third-order valence-corrected chi connectivity index (χ3v) is 2.63. The predicted octanol–water partition coefficient (Wildman–Crippen LogP) is 2.97. The van der Waals surface area contributed by atoms with E-state index in [-0.39, 0.29) is 17.3 Å². The summed E-state index contributed by atoms with van der Waals surface area (Å²) in [6.07, 6.45) is 0. The lowest BCUT2D eigenvalue weighted by Crippen LogP contribution is -1.96. The first-order valence-corrected chi connectivity index (χ1v) is 5.92. The maximum Gasteiger partial charge on any atom is 0.273 e. The van der Waals surface area contributed by atoms with Gasteiger partial charge in [-0.2, -0.15) is 5.26 Å². The van der Waals surface area contributed by atoms with Gasteiger partial charge in [0, 0.05) is 17.8 Å². The minimum atomic E-state index is -0.531. The molecule has 0 aliphatic rings. The summed E-state index contributed by atoms with van der Waals surface area (Å²) in [6.45, 7) is 1.72. The average molecular weight is 285 g/mol. The van der Waals surface area contributed by atoms with Crippen LogP contribution in [0.2, 0.25) is 0 Å². The zero-order valence-electron chi connectivity index (χ0n) is 11.4. The standard InChI is InChI=1S/C14H11N3O4/c1-9-5-10(8-15)6-14(16-9)21-13-7-11(17(18)19)3-4-12(13)20-2/h3-7H,1-2H3. The van der Waals surface area contributed by atoms with Crippen molar-refractivity contribution in [2.75, 3.05) is 7.11 Å². The highest BCUT2D eigenvalue weighted by Gasteiger charge is 2.14. The molecule has 0 saturated carbocycles. The predicted molar refractivity (Wildman–Crippen MR) is 73.4 cm³/mol. The fourth-order valence-electron chi connectivity index (χ4n) is 1.73. The number of nitro benzene ring substituents is 1. The smallest absolute Gasteiger partial charge is 0.273 e. The van der Waals surface area contributed by atoms with Crippen LogP contribution in [-0.2, 0) is 0 Å². The third-order valence-electron chi connectivity index (χ3n) is 2.63. The number of hydrogen-bond donors (Lipinski definition) is 0. The molecule has 1 heterocycles. The van der Waals surface area contributed by atoms with Crippen LogP contribution in [0.25, 0.3) is 0 Å². The van der Waals surface area contributed by atoms with Crippen molar-refractivity contribution in [1.82, 2.24) is 4.98 Å². The normalized spacial score (nSPS) is 9.76. The summed E-state index contributed by atoms with van der Waals surface area (Å²) in [4.78, 5) is 14.4. The van der Waals surface area contributed by atoms with Gasteiger partial charge in [0.05, 0.1) is 29.7 Å². The molecule has 2 aromatic rings. The SMILES string of the molecule is COc1ccc([N+](=O)[O-])cc1Oc1cc(C#N)cc(C)n1. The number of aromatic nitrogens is 1. The highest BCUT2D eigenvalue weighted by molar-refractivity contribution is 5.50. The molecule has 1 aromatic heterocycles. The van der Waals surface area contributed by atoms with Gasteiger partial charge in [0.1, 0.15) is 0 Å². The van der Waals surface area contributed by atoms with Crippen molar-refractivity contribution < 1.29 is 14.4 Å². The lowest BCUT2D eigenvalue weighted by molar-refractivity contribution is -0.384. The van der Waals surface area contributed by atoms with Crippen molar-refractivity contribution in [3.8, 4) is 23.4 Å². The molecule has 0 bridgehead atoms. The molecule has 0 fully saturated rings. The van der Waals surface area contributed by atoms with Crippen LogP contribution in [0.3, 0.4) is 0 Å². The second-order valence-electron chi connectivity index (χ2n) is 4.14. The number of rotatable bonds is 4. The average Bonchev–Trinajstić information content (AvgIpc) is 2.46. The molecule has 0 atom stereocenters. The molecule has 0 aliphatic heterocycles. The molecular formula is C14H11N3O4. The molecule has 0 amide bonds. The van der Waals surface area contributed by atoms with Crippen LogP contribution >= 0.6 is 0 Å². The molecule has 2 rings (SSSR count). The van der Waals surface area contributed by atoms with E-state index in [1.54, 1.807) is 13.0 Å². The van der Waals surface area contributed by atoms with Crippen LogP contribution in [0.1, 0.15) is 11.3 Å².